The summed E-state index contributed by atoms with van der Waals surface area (Å²) in [6.07, 6.45) is 21.7. The summed E-state index contributed by atoms with van der Waals surface area (Å²) in [5.74, 6) is -2.11. The summed E-state index contributed by atoms with van der Waals surface area (Å²) in [6, 6.07) is -0.0128. The number of aliphatic carboxylic acids is 1. The van der Waals surface area contributed by atoms with Gasteiger partial charge in [0.25, 0.3) is 0 Å². The van der Waals surface area contributed by atoms with Crippen molar-refractivity contribution in [1.29, 1.82) is 0 Å². The fourth-order valence-corrected chi connectivity index (χ4v) is 6.06. The van der Waals surface area contributed by atoms with Crippen LogP contribution in [0.4, 0.5) is 0 Å². The van der Waals surface area contributed by atoms with E-state index in [0.29, 0.717) is 13.0 Å². The molecule has 0 spiro atoms. The first-order valence-corrected chi connectivity index (χ1v) is 18.0. The zero-order chi connectivity index (χ0) is 32.7. The zero-order valence-corrected chi connectivity index (χ0v) is 29.6. The average Bonchev–Trinajstić information content (AvgIpc) is 2.92. The normalized spacial score (nSPS) is 14.6. The molecule has 6 heteroatoms. The lowest BCUT2D eigenvalue weighted by molar-refractivity contribution is -0.157. The summed E-state index contributed by atoms with van der Waals surface area (Å²) >= 11 is 0. The molecule has 0 fully saturated rings. The topological polar surface area (TPSA) is 92.7 Å². The molecule has 3 atom stereocenters. The molecule has 2 N–H and O–H groups in total. The number of amides is 1. The highest BCUT2D eigenvalue weighted by atomic mass is 16.5. The lowest BCUT2D eigenvalue weighted by atomic mass is 9.70. The fourth-order valence-electron chi connectivity index (χ4n) is 6.06. The van der Waals surface area contributed by atoms with E-state index < -0.39 is 23.2 Å². The summed E-state index contributed by atoms with van der Waals surface area (Å²) in [5, 5.41) is 13.2. The summed E-state index contributed by atoms with van der Waals surface area (Å²) in [7, 11) is 0. The summed E-state index contributed by atoms with van der Waals surface area (Å²) in [5.41, 5.74) is -1.20. The lowest BCUT2D eigenvalue weighted by Gasteiger charge is -2.33. The van der Waals surface area contributed by atoms with Crippen molar-refractivity contribution in [3.05, 3.63) is 0 Å². The largest absolute Gasteiger partial charge is 0.481 e. The summed E-state index contributed by atoms with van der Waals surface area (Å²) in [4.78, 5) is 38.5. The molecule has 0 rings (SSSR count). The Hall–Kier alpha value is -1.59. The van der Waals surface area contributed by atoms with Crippen LogP contribution in [0.25, 0.3) is 0 Å². The van der Waals surface area contributed by atoms with E-state index >= 15 is 0 Å². The number of ether oxygens (including phenoxy) is 1. The van der Waals surface area contributed by atoms with Crippen molar-refractivity contribution in [3.8, 4) is 0 Å². The van der Waals surface area contributed by atoms with Gasteiger partial charge in [0.15, 0.2) is 0 Å². The van der Waals surface area contributed by atoms with Crippen LogP contribution < -0.4 is 5.32 Å². The Kier molecular flexibility index (Phi) is 23.8. The van der Waals surface area contributed by atoms with E-state index in [0.717, 1.165) is 19.3 Å². The van der Waals surface area contributed by atoms with Crippen LogP contribution in [0.2, 0.25) is 0 Å². The lowest BCUT2D eigenvalue weighted by Crippen LogP contribution is -2.42. The van der Waals surface area contributed by atoms with E-state index in [4.69, 9.17) is 4.74 Å². The molecule has 254 valence electrons. The molecule has 6 nitrogen and oxygen atoms in total. The van der Waals surface area contributed by atoms with Gasteiger partial charge in [-0.25, -0.2) is 0 Å². The third-order valence-corrected chi connectivity index (χ3v) is 8.79. The van der Waals surface area contributed by atoms with Crippen molar-refractivity contribution < 1.29 is 24.2 Å². The molecule has 0 aromatic heterocycles. The van der Waals surface area contributed by atoms with Crippen LogP contribution in [0.1, 0.15) is 177 Å². The molecule has 0 saturated carbocycles. The number of hydrogen-bond acceptors (Lipinski definition) is 4. The number of carboxylic acid groups (broad SMARTS) is 1. The quantitative estimate of drug-likeness (QED) is 0.0680. The Morgan fingerprint density at radius 2 is 1.14 bits per heavy atom. The number of nitrogens with one attached hydrogen (secondary N) is 1. The molecule has 0 radical (unpaired) electrons. The Morgan fingerprint density at radius 3 is 1.51 bits per heavy atom. The van der Waals surface area contributed by atoms with Gasteiger partial charge in [-0.1, -0.05) is 131 Å². The number of carbonyl (C=O) groups excluding carboxylic acids is 2. The van der Waals surface area contributed by atoms with Crippen LogP contribution in [-0.2, 0) is 19.1 Å². The van der Waals surface area contributed by atoms with Crippen molar-refractivity contribution in [1.82, 2.24) is 5.32 Å². The highest BCUT2D eigenvalue weighted by molar-refractivity contribution is 5.81. The van der Waals surface area contributed by atoms with Gasteiger partial charge in [-0.05, 0) is 58.3 Å². The van der Waals surface area contributed by atoms with Crippen LogP contribution in [-0.4, -0.2) is 35.6 Å². The molecule has 0 aromatic rings. The average molecular weight is 610 g/mol. The second-order valence-corrected chi connectivity index (χ2v) is 14.6. The molecular formula is C37H71NO5. The Balaban J connectivity index is 4.46. The maximum Gasteiger partial charge on any atom is 0.309 e. The van der Waals surface area contributed by atoms with Gasteiger partial charge in [0.2, 0.25) is 5.91 Å². The molecule has 0 heterocycles. The van der Waals surface area contributed by atoms with Crippen molar-refractivity contribution in [2.24, 2.45) is 29.1 Å². The van der Waals surface area contributed by atoms with Gasteiger partial charge in [-0.15, -0.1) is 0 Å². The summed E-state index contributed by atoms with van der Waals surface area (Å²) < 4.78 is 5.67. The van der Waals surface area contributed by atoms with Gasteiger partial charge in [0, 0.05) is 12.0 Å². The predicted octanol–water partition coefficient (Wildman–Crippen LogP) is 10.1. The monoisotopic (exact) mass is 610 g/mol. The Bertz CT molecular complexity index is 735. The van der Waals surface area contributed by atoms with Gasteiger partial charge in [-0.2, -0.15) is 0 Å². The van der Waals surface area contributed by atoms with Crippen molar-refractivity contribution in [2.45, 2.75) is 183 Å². The highest BCUT2D eigenvalue weighted by Gasteiger charge is 2.42. The van der Waals surface area contributed by atoms with E-state index in [-0.39, 0.29) is 42.6 Å². The van der Waals surface area contributed by atoms with E-state index in [1.54, 1.807) is 6.92 Å². The van der Waals surface area contributed by atoms with Crippen LogP contribution in [0, 0.1) is 29.1 Å². The Morgan fingerprint density at radius 1 is 0.698 bits per heavy atom. The molecule has 0 bridgehead atoms. The second kappa shape index (κ2) is 24.7. The van der Waals surface area contributed by atoms with Crippen LogP contribution in [0.15, 0.2) is 0 Å². The minimum Gasteiger partial charge on any atom is -0.481 e. The molecule has 43 heavy (non-hydrogen) atoms. The fraction of sp³-hybridized carbons (Fsp3) is 0.919. The SMILES string of the molecule is CCCCCCCCCCCCCCCCCCOC(=O)C(CC(C)(CC(CC(C)C)C(=O)NC(C)C)C(=O)O)C(C)C. The molecule has 1 amide bonds. The number of hydrogen-bond donors (Lipinski definition) is 2. The van der Waals surface area contributed by atoms with Crippen molar-refractivity contribution >= 4 is 17.8 Å². The number of esters is 1. The van der Waals surface area contributed by atoms with E-state index in [1.165, 1.54) is 83.5 Å². The molecule has 0 aliphatic heterocycles. The van der Waals surface area contributed by atoms with Gasteiger partial charge >= 0.3 is 11.9 Å². The minimum atomic E-state index is -1.20. The first-order chi connectivity index (χ1) is 20.3. The first kappa shape index (κ1) is 41.4. The number of rotatable bonds is 28. The maximum atomic E-state index is 13.1. The van der Waals surface area contributed by atoms with E-state index in [2.05, 4.69) is 12.2 Å². The molecule has 0 aromatic carbocycles. The third kappa shape index (κ3) is 20.9. The molecule has 0 saturated heterocycles. The standard InChI is InChI=1S/C37H71NO5/c1-9-10-11-12-13-14-15-16-17-18-19-20-21-22-23-24-25-43-35(40)33(30(4)5)28-37(8,36(41)42)27-32(26-29(2)3)34(39)38-31(6)7/h29-33H,9-28H2,1-8H3,(H,38,39)(H,41,42). The zero-order valence-electron chi connectivity index (χ0n) is 29.6. The smallest absolute Gasteiger partial charge is 0.309 e. The number of carboxylic acids is 1. The van der Waals surface area contributed by atoms with Gasteiger partial charge in [-0.3, -0.25) is 14.4 Å². The first-order valence-electron chi connectivity index (χ1n) is 18.0. The third-order valence-electron chi connectivity index (χ3n) is 8.79. The number of unbranched alkanes of at least 4 members (excludes halogenated alkanes) is 15. The number of carbonyl (C=O) groups is 3. The van der Waals surface area contributed by atoms with Crippen molar-refractivity contribution in [3.63, 3.8) is 0 Å². The molecule has 0 aliphatic rings. The van der Waals surface area contributed by atoms with E-state index in [9.17, 15) is 19.5 Å². The van der Waals surface area contributed by atoms with E-state index in [1.807, 2.05) is 41.5 Å². The second-order valence-electron chi connectivity index (χ2n) is 14.6. The molecule has 3 unspecified atom stereocenters. The van der Waals surface area contributed by atoms with Gasteiger partial charge in [0.1, 0.15) is 0 Å². The van der Waals surface area contributed by atoms with Gasteiger partial charge < -0.3 is 15.2 Å². The maximum absolute atomic E-state index is 13.1. The highest BCUT2D eigenvalue weighted by Crippen LogP contribution is 2.38. The van der Waals surface area contributed by atoms with Crippen LogP contribution in [0.5, 0.6) is 0 Å². The predicted molar refractivity (Wildman–Crippen MR) is 180 cm³/mol. The van der Waals surface area contributed by atoms with Crippen molar-refractivity contribution in [2.75, 3.05) is 6.61 Å². The minimum absolute atomic E-state index is 0.0128. The molecular weight excluding hydrogens is 538 g/mol. The molecule has 0 aliphatic carbocycles. The van der Waals surface area contributed by atoms with Crippen LogP contribution >= 0.6 is 0 Å². The van der Waals surface area contributed by atoms with Crippen LogP contribution in [0.3, 0.4) is 0 Å². The Labute approximate surface area is 266 Å². The summed E-state index contributed by atoms with van der Waals surface area (Å²) in [6.45, 7) is 16.1. The van der Waals surface area contributed by atoms with Gasteiger partial charge in [0.05, 0.1) is 17.9 Å².